The number of nitrogens with two attached hydrogens (primary N) is 1. The van der Waals surface area contributed by atoms with E-state index in [-0.39, 0.29) is 0 Å². The standard InChI is InChI=1S/C13H22N2O/c1-10(2)15(3)9-13(16)12-6-4-11(8-14)5-7-12/h4-7,10,13,16H,8-9,14H2,1-3H3. The van der Waals surface area contributed by atoms with Gasteiger partial charge in [-0.3, -0.25) is 0 Å². The van der Waals surface area contributed by atoms with Crippen molar-refractivity contribution >= 4 is 0 Å². The van der Waals surface area contributed by atoms with Crippen LogP contribution < -0.4 is 5.73 Å². The Kier molecular flexibility index (Phi) is 4.93. The van der Waals surface area contributed by atoms with Crippen molar-refractivity contribution in [3.63, 3.8) is 0 Å². The number of aliphatic hydroxyl groups is 1. The van der Waals surface area contributed by atoms with Gasteiger partial charge in [-0.25, -0.2) is 0 Å². The van der Waals surface area contributed by atoms with Gasteiger partial charge in [0.2, 0.25) is 0 Å². The fourth-order valence-electron chi connectivity index (χ4n) is 1.46. The topological polar surface area (TPSA) is 49.5 Å². The third-order valence-electron chi connectivity index (χ3n) is 2.94. The first-order valence-corrected chi connectivity index (χ1v) is 5.71. The Morgan fingerprint density at radius 2 is 1.81 bits per heavy atom. The van der Waals surface area contributed by atoms with Crippen molar-refractivity contribution in [1.29, 1.82) is 0 Å². The van der Waals surface area contributed by atoms with Crippen LogP contribution in [0.4, 0.5) is 0 Å². The zero-order valence-electron chi connectivity index (χ0n) is 10.4. The van der Waals surface area contributed by atoms with Gasteiger partial charge in [0.25, 0.3) is 0 Å². The molecule has 0 fully saturated rings. The molecular formula is C13H22N2O. The van der Waals surface area contributed by atoms with Gasteiger partial charge in [0, 0.05) is 19.1 Å². The lowest BCUT2D eigenvalue weighted by Gasteiger charge is -2.24. The molecule has 90 valence electrons. The van der Waals surface area contributed by atoms with E-state index in [1.807, 2.05) is 31.3 Å². The smallest absolute Gasteiger partial charge is 0.0916 e. The van der Waals surface area contributed by atoms with Crippen LogP contribution in [0.5, 0.6) is 0 Å². The average molecular weight is 222 g/mol. The van der Waals surface area contributed by atoms with Crippen LogP contribution in [-0.4, -0.2) is 29.6 Å². The molecule has 0 spiro atoms. The van der Waals surface area contributed by atoms with Gasteiger partial charge in [-0.2, -0.15) is 0 Å². The van der Waals surface area contributed by atoms with Crippen molar-refractivity contribution in [2.45, 2.75) is 32.5 Å². The SMILES string of the molecule is CC(C)N(C)CC(O)c1ccc(CN)cc1. The highest BCUT2D eigenvalue weighted by Crippen LogP contribution is 2.15. The van der Waals surface area contributed by atoms with Crippen LogP contribution in [0.15, 0.2) is 24.3 Å². The number of aliphatic hydroxyl groups excluding tert-OH is 1. The Morgan fingerprint density at radius 3 is 2.25 bits per heavy atom. The van der Waals surface area contributed by atoms with Crippen molar-refractivity contribution in [3.8, 4) is 0 Å². The van der Waals surface area contributed by atoms with E-state index in [0.29, 0.717) is 19.1 Å². The van der Waals surface area contributed by atoms with Gasteiger partial charge in [0.1, 0.15) is 0 Å². The van der Waals surface area contributed by atoms with Crippen molar-refractivity contribution in [2.75, 3.05) is 13.6 Å². The summed E-state index contributed by atoms with van der Waals surface area (Å²) in [5, 5.41) is 10.0. The predicted molar refractivity (Wildman–Crippen MR) is 67.1 cm³/mol. The molecule has 3 heteroatoms. The molecule has 3 nitrogen and oxygen atoms in total. The minimum atomic E-state index is -0.431. The molecule has 3 N–H and O–H groups in total. The van der Waals surface area contributed by atoms with E-state index in [1.165, 1.54) is 0 Å². The van der Waals surface area contributed by atoms with E-state index in [9.17, 15) is 5.11 Å². The molecule has 16 heavy (non-hydrogen) atoms. The number of hydrogen-bond acceptors (Lipinski definition) is 3. The van der Waals surface area contributed by atoms with Gasteiger partial charge in [-0.1, -0.05) is 24.3 Å². The minimum Gasteiger partial charge on any atom is -0.387 e. The number of likely N-dealkylation sites (N-methyl/N-ethyl adjacent to an activating group) is 1. The highest BCUT2D eigenvalue weighted by Gasteiger charge is 2.12. The lowest BCUT2D eigenvalue weighted by Crippen LogP contribution is -2.30. The average Bonchev–Trinajstić information content (AvgIpc) is 2.28. The second-order valence-corrected chi connectivity index (χ2v) is 4.49. The largest absolute Gasteiger partial charge is 0.387 e. The molecule has 1 unspecified atom stereocenters. The summed E-state index contributed by atoms with van der Waals surface area (Å²) in [7, 11) is 2.02. The lowest BCUT2D eigenvalue weighted by atomic mass is 10.1. The number of benzene rings is 1. The van der Waals surface area contributed by atoms with Gasteiger partial charge in [0.05, 0.1) is 6.10 Å². The molecule has 1 atom stereocenters. The monoisotopic (exact) mass is 222 g/mol. The van der Waals surface area contributed by atoms with Gasteiger partial charge >= 0.3 is 0 Å². The van der Waals surface area contributed by atoms with Gasteiger partial charge < -0.3 is 15.7 Å². The van der Waals surface area contributed by atoms with Crippen molar-refractivity contribution in [3.05, 3.63) is 35.4 Å². The summed E-state index contributed by atoms with van der Waals surface area (Å²) in [6.45, 7) is 5.43. The normalized spacial score (nSPS) is 13.4. The number of rotatable bonds is 5. The van der Waals surface area contributed by atoms with E-state index in [2.05, 4.69) is 18.7 Å². The van der Waals surface area contributed by atoms with Crippen molar-refractivity contribution in [1.82, 2.24) is 4.90 Å². The molecule has 0 aliphatic rings. The van der Waals surface area contributed by atoms with E-state index in [1.54, 1.807) is 0 Å². The van der Waals surface area contributed by atoms with Gasteiger partial charge in [-0.05, 0) is 32.0 Å². The second kappa shape index (κ2) is 5.99. The van der Waals surface area contributed by atoms with Crippen LogP contribution in [-0.2, 0) is 6.54 Å². The number of nitrogens with zero attached hydrogens (tertiary/aromatic N) is 1. The molecule has 0 saturated heterocycles. The summed E-state index contributed by atoms with van der Waals surface area (Å²) < 4.78 is 0. The molecule has 0 bridgehead atoms. The summed E-state index contributed by atoms with van der Waals surface area (Å²) in [6.07, 6.45) is -0.431. The second-order valence-electron chi connectivity index (χ2n) is 4.49. The van der Waals surface area contributed by atoms with Crippen LogP contribution in [0.2, 0.25) is 0 Å². The first kappa shape index (κ1) is 13.2. The molecule has 1 rings (SSSR count). The summed E-state index contributed by atoms with van der Waals surface area (Å²) in [5.41, 5.74) is 7.57. The zero-order valence-corrected chi connectivity index (χ0v) is 10.4. The van der Waals surface area contributed by atoms with E-state index >= 15 is 0 Å². The van der Waals surface area contributed by atoms with E-state index in [4.69, 9.17) is 5.73 Å². The Balaban J connectivity index is 2.62. The molecule has 0 heterocycles. The quantitative estimate of drug-likeness (QED) is 0.794. The highest BCUT2D eigenvalue weighted by atomic mass is 16.3. The molecular weight excluding hydrogens is 200 g/mol. The molecule has 0 aliphatic heterocycles. The molecule has 0 amide bonds. The van der Waals surface area contributed by atoms with Gasteiger partial charge in [-0.15, -0.1) is 0 Å². The maximum absolute atomic E-state index is 10.0. The zero-order chi connectivity index (χ0) is 12.1. The molecule has 1 aromatic rings. The van der Waals surface area contributed by atoms with Crippen LogP contribution >= 0.6 is 0 Å². The Bertz CT molecular complexity index is 308. The van der Waals surface area contributed by atoms with Crippen molar-refractivity contribution < 1.29 is 5.11 Å². The van der Waals surface area contributed by atoms with Crippen LogP contribution in [0.1, 0.15) is 31.1 Å². The first-order chi connectivity index (χ1) is 7.54. The van der Waals surface area contributed by atoms with Crippen molar-refractivity contribution in [2.24, 2.45) is 5.73 Å². The predicted octanol–water partition coefficient (Wildman–Crippen LogP) is 1.52. The third kappa shape index (κ3) is 3.59. The fraction of sp³-hybridized carbons (Fsp3) is 0.538. The van der Waals surface area contributed by atoms with E-state index in [0.717, 1.165) is 11.1 Å². The summed E-state index contributed by atoms with van der Waals surface area (Å²) in [6, 6.07) is 8.27. The molecule has 1 aromatic carbocycles. The Labute approximate surface area is 97.9 Å². The van der Waals surface area contributed by atoms with Crippen LogP contribution in [0.25, 0.3) is 0 Å². The summed E-state index contributed by atoms with van der Waals surface area (Å²) in [5.74, 6) is 0. The Morgan fingerprint density at radius 1 is 1.25 bits per heavy atom. The van der Waals surface area contributed by atoms with E-state index < -0.39 is 6.10 Å². The molecule has 0 aliphatic carbocycles. The van der Waals surface area contributed by atoms with Gasteiger partial charge in [0.15, 0.2) is 0 Å². The molecule has 0 saturated carbocycles. The van der Waals surface area contributed by atoms with Crippen LogP contribution in [0.3, 0.4) is 0 Å². The third-order valence-corrected chi connectivity index (χ3v) is 2.94. The number of hydrogen-bond donors (Lipinski definition) is 2. The molecule has 0 aromatic heterocycles. The maximum Gasteiger partial charge on any atom is 0.0916 e. The lowest BCUT2D eigenvalue weighted by molar-refractivity contribution is 0.112. The first-order valence-electron chi connectivity index (χ1n) is 5.71. The molecule has 0 radical (unpaired) electrons. The fourth-order valence-corrected chi connectivity index (χ4v) is 1.46. The minimum absolute atomic E-state index is 0.431. The Hall–Kier alpha value is -0.900. The van der Waals surface area contributed by atoms with Crippen LogP contribution in [0, 0.1) is 0 Å². The highest BCUT2D eigenvalue weighted by molar-refractivity contribution is 5.24. The summed E-state index contributed by atoms with van der Waals surface area (Å²) >= 11 is 0. The summed E-state index contributed by atoms with van der Waals surface area (Å²) in [4.78, 5) is 2.13. The maximum atomic E-state index is 10.0.